The number of β-amino-alcohol motifs (C(OH)–C–C–N with tert-alkyl or cyclic N) is 1. The zero-order valence-electron chi connectivity index (χ0n) is 13.7. The van der Waals surface area contributed by atoms with Gasteiger partial charge >= 0.3 is 0 Å². The largest absolute Gasteiger partial charge is 0.395 e. The second-order valence-electron chi connectivity index (χ2n) is 5.75. The minimum atomic E-state index is -0.905. The summed E-state index contributed by atoms with van der Waals surface area (Å²) in [5, 5.41) is 22.7. The summed E-state index contributed by atoms with van der Waals surface area (Å²) in [6, 6.07) is 14.4. The van der Waals surface area contributed by atoms with E-state index in [9.17, 15) is 14.7 Å². The molecule has 6 nitrogen and oxygen atoms in total. The van der Waals surface area contributed by atoms with Crippen LogP contribution in [0.5, 0.6) is 0 Å². The van der Waals surface area contributed by atoms with Gasteiger partial charge in [0.1, 0.15) is 11.8 Å². The van der Waals surface area contributed by atoms with Gasteiger partial charge in [-0.15, -0.1) is 0 Å². The Balaban J connectivity index is 1.91. The molecular formula is C19H17BrN2O4. The molecule has 1 aliphatic rings. The highest BCUT2D eigenvalue weighted by Crippen LogP contribution is 2.32. The molecule has 3 N–H and O–H groups in total. The van der Waals surface area contributed by atoms with Gasteiger partial charge in [0.05, 0.1) is 13.2 Å². The van der Waals surface area contributed by atoms with Crippen molar-refractivity contribution in [3.63, 3.8) is 0 Å². The molecule has 0 radical (unpaired) electrons. The predicted octanol–water partition coefficient (Wildman–Crippen LogP) is 2.19. The lowest BCUT2D eigenvalue weighted by molar-refractivity contribution is -0.137. The van der Waals surface area contributed by atoms with Gasteiger partial charge in [-0.3, -0.25) is 14.5 Å². The molecule has 7 heteroatoms. The molecule has 134 valence electrons. The van der Waals surface area contributed by atoms with Crippen LogP contribution in [0.15, 0.2) is 64.8 Å². The molecule has 1 unspecified atom stereocenters. The molecule has 0 saturated carbocycles. The molecule has 1 aliphatic heterocycles. The molecule has 2 aromatic carbocycles. The molecule has 0 fully saturated rings. The van der Waals surface area contributed by atoms with Crippen LogP contribution in [0.25, 0.3) is 0 Å². The predicted molar refractivity (Wildman–Crippen MR) is 100 cm³/mol. The third kappa shape index (κ3) is 3.70. The Labute approximate surface area is 158 Å². The minimum absolute atomic E-state index is 0.0564. The normalized spacial score (nSPS) is 15.2. The first-order valence-corrected chi connectivity index (χ1v) is 8.78. The first-order valence-electron chi connectivity index (χ1n) is 7.99. The zero-order chi connectivity index (χ0) is 18.7. The summed E-state index contributed by atoms with van der Waals surface area (Å²) in [4.78, 5) is 25.2. The van der Waals surface area contributed by atoms with Crippen molar-refractivity contribution in [2.75, 3.05) is 18.5 Å². The van der Waals surface area contributed by atoms with Crippen LogP contribution in [-0.2, 0) is 9.59 Å². The highest BCUT2D eigenvalue weighted by atomic mass is 79.9. The molecule has 2 aromatic rings. The van der Waals surface area contributed by atoms with Crippen molar-refractivity contribution in [1.82, 2.24) is 4.90 Å². The van der Waals surface area contributed by atoms with E-state index in [0.717, 1.165) is 9.37 Å². The second-order valence-corrected chi connectivity index (χ2v) is 6.66. The minimum Gasteiger partial charge on any atom is -0.395 e. The van der Waals surface area contributed by atoms with E-state index in [-0.39, 0.29) is 18.8 Å². The van der Waals surface area contributed by atoms with Crippen molar-refractivity contribution in [2.24, 2.45) is 0 Å². The number of imide groups is 1. The van der Waals surface area contributed by atoms with Crippen LogP contribution < -0.4 is 5.32 Å². The zero-order valence-corrected chi connectivity index (χ0v) is 15.3. The van der Waals surface area contributed by atoms with Crippen LogP contribution in [0.2, 0.25) is 0 Å². The summed E-state index contributed by atoms with van der Waals surface area (Å²) in [6.07, 6.45) is 0.288. The monoisotopic (exact) mass is 416 g/mol. The Morgan fingerprint density at radius 2 is 1.85 bits per heavy atom. The number of rotatable bonds is 6. The molecular weight excluding hydrogens is 400 g/mol. The summed E-state index contributed by atoms with van der Waals surface area (Å²) < 4.78 is 0.776. The molecule has 1 atom stereocenters. The van der Waals surface area contributed by atoms with Gasteiger partial charge in [0, 0.05) is 21.8 Å². The number of hydrogen-bond donors (Lipinski definition) is 3. The molecule has 0 aliphatic carbocycles. The van der Waals surface area contributed by atoms with Crippen molar-refractivity contribution in [1.29, 1.82) is 0 Å². The van der Waals surface area contributed by atoms with Gasteiger partial charge in [0.2, 0.25) is 0 Å². The van der Waals surface area contributed by atoms with E-state index in [4.69, 9.17) is 5.11 Å². The lowest BCUT2D eigenvalue weighted by atomic mass is 10.00. The quantitative estimate of drug-likeness (QED) is 0.627. The number of carbonyl (C=O) groups excluding carboxylic acids is 2. The number of hydrogen-bond acceptors (Lipinski definition) is 5. The molecule has 0 aromatic heterocycles. The Morgan fingerprint density at radius 3 is 2.54 bits per heavy atom. The van der Waals surface area contributed by atoms with Crippen molar-refractivity contribution in [3.05, 3.63) is 75.9 Å². The number of aliphatic hydroxyl groups is 2. The number of aliphatic hydroxyl groups excluding tert-OH is 2. The number of halogens is 1. The standard InChI is InChI=1S/C19H17BrN2O4/c20-13-6-7-15(14(10-13)18(25)12-4-2-1-3-5-12)21-16-11-17(24)22(8-9-23)19(16)26/h1-7,10-11,18,21,23,25H,8-9H2. The van der Waals surface area contributed by atoms with Crippen molar-refractivity contribution < 1.29 is 19.8 Å². The number of benzene rings is 2. The Morgan fingerprint density at radius 1 is 1.12 bits per heavy atom. The SMILES string of the molecule is O=C1C=C(Nc2ccc(Br)cc2C(O)c2ccccc2)C(=O)N1CCO. The van der Waals surface area contributed by atoms with Crippen molar-refractivity contribution >= 4 is 33.4 Å². The summed E-state index contributed by atoms with van der Waals surface area (Å²) in [5.41, 5.74) is 1.89. The van der Waals surface area contributed by atoms with Gasteiger partial charge in [0.15, 0.2) is 0 Å². The fourth-order valence-electron chi connectivity index (χ4n) is 2.74. The van der Waals surface area contributed by atoms with Crippen LogP contribution in [0, 0.1) is 0 Å². The van der Waals surface area contributed by atoms with Crippen LogP contribution in [0.1, 0.15) is 17.2 Å². The van der Waals surface area contributed by atoms with E-state index in [1.54, 1.807) is 18.2 Å². The fourth-order valence-corrected chi connectivity index (χ4v) is 3.12. The summed E-state index contributed by atoms with van der Waals surface area (Å²) in [6.45, 7) is -0.353. The van der Waals surface area contributed by atoms with Crippen LogP contribution in [0.3, 0.4) is 0 Å². The number of amides is 2. The smallest absolute Gasteiger partial charge is 0.277 e. The number of anilines is 1. The van der Waals surface area contributed by atoms with E-state index in [0.29, 0.717) is 16.8 Å². The van der Waals surface area contributed by atoms with Gasteiger partial charge in [-0.2, -0.15) is 0 Å². The summed E-state index contributed by atoms with van der Waals surface area (Å²) >= 11 is 3.39. The molecule has 0 saturated heterocycles. The third-order valence-electron chi connectivity index (χ3n) is 4.03. The van der Waals surface area contributed by atoms with E-state index in [1.807, 2.05) is 30.3 Å². The molecule has 2 amide bonds. The third-order valence-corrected chi connectivity index (χ3v) is 4.52. The lowest BCUT2D eigenvalue weighted by Gasteiger charge is -2.18. The van der Waals surface area contributed by atoms with Crippen LogP contribution >= 0.6 is 15.9 Å². The number of nitrogens with one attached hydrogen (secondary N) is 1. The highest BCUT2D eigenvalue weighted by Gasteiger charge is 2.31. The Bertz CT molecular complexity index is 867. The second kappa shape index (κ2) is 7.82. The van der Waals surface area contributed by atoms with Gasteiger partial charge < -0.3 is 15.5 Å². The van der Waals surface area contributed by atoms with Gasteiger partial charge in [-0.1, -0.05) is 46.3 Å². The van der Waals surface area contributed by atoms with E-state index < -0.39 is 17.9 Å². The van der Waals surface area contributed by atoms with Gasteiger partial charge in [-0.25, -0.2) is 0 Å². The maximum Gasteiger partial charge on any atom is 0.277 e. The topological polar surface area (TPSA) is 89.9 Å². The molecule has 1 heterocycles. The van der Waals surface area contributed by atoms with E-state index in [2.05, 4.69) is 21.2 Å². The first kappa shape index (κ1) is 18.3. The van der Waals surface area contributed by atoms with Crippen LogP contribution in [-0.4, -0.2) is 40.1 Å². The Hall–Kier alpha value is -2.48. The fraction of sp³-hybridized carbons (Fsp3) is 0.158. The summed E-state index contributed by atoms with van der Waals surface area (Å²) in [5.74, 6) is -0.985. The first-order chi connectivity index (χ1) is 12.5. The Kier molecular flexibility index (Phi) is 5.51. The summed E-state index contributed by atoms with van der Waals surface area (Å²) in [7, 11) is 0. The van der Waals surface area contributed by atoms with Crippen molar-refractivity contribution in [3.8, 4) is 0 Å². The lowest BCUT2D eigenvalue weighted by Crippen LogP contribution is -2.34. The number of nitrogens with zero attached hydrogens (tertiary/aromatic N) is 1. The van der Waals surface area contributed by atoms with Gasteiger partial charge in [0.25, 0.3) is 11.8 Å². The van der Waals surface area contributed by atoms with E-state index in [1.165, 1.54) is 6.08 Å². The van der Waals surface area contributed by atoms with Crippen molar-refractivity contribution in [2.45, 2.75) is 6.10 Å². The maximum atomic E-state index is 12.3. The number of carbonyl (C=O) groups is 2. The molecule has 0 spiro atoms. The molecule has 26 heavy (non-hydrogen) atoms. The highest BCUT2D eigenvalue weighted by molar-refractivity contribution is 9.10. The van der Waals surface area contributed by atoms with E-state index >= 15 is 0 Å². The van der Waals surface area contributed by atoms with Gasteiger partial charge in [-0.05, 0) is 23.8 Å². The van der Waals surface area contributed by atoms with Crippen LogP contribution in [0.4, 0.5) is 5.69 Å². The average Bonchev–Trinajstić information content (AvgIpc) is 2.91. The average molecular weight is 417 g/mol. The maximum absolute atomic E-state index is 12.3. The molecule has 0 bridgehead atoms. The molecule has 3 rings (SSSR count).